The molecule has 0 amide bonds. The maximum absolute atomic E-state index is 4.13. The third-order valence-corrected chi connectivity index (χ3v) is 3.36. The molecule has 0 aliphatic carbocycles. The lowest BCUT2D eigenvalue weighted by molar-refractivity contribution is 0.623. The Bertz CT molecular complexity index is 561. The number of imidazole rings is 1. The first-order valence-electron chi connectivity index (χ1n) is 6.49. The Morgan fingerprint density at radius 2 is 1.42 bits per heavy atom. The molecule has 3 rings (SSSR count). The molecule has 2 aromatic carbocycles. The van der Waals surface area contributed by atoms with E-state index in [0.29, 0.717) is 5.92 Å². The maximum Gasteiger partial charge on any atom is 0.0946 e. The van der Waals surface area contributed by atoms with Crippen LogP contribution in [0.15, 0.2) is 79.4 Å². The fourth-order valence-electron chi connectivity index (χ4n) is 2.38. The van der Waals surface area contributed by atoms with Gasteiger partial charge >= 0.3 is 0 Å². The summed E-state index contributed by atoms with van der Waals surface area (Å²) < 4.78 is 2.13. The van der Waals surface area contributed by atoms with E-state index in [1.54, 1.807) is 0 Å². The molecule has 3 aromatic rings. The molecule has 0 N–H and O–H groups in total. The molecule has 0 radical (unpaired) electrons. The van der Waals surface area contributed by atoms with Gasteiger partial charge in [0.05, 0.1) is 6.33 Å². The highest BCUT2D eigenvalue weighted by Gasteiger charge is 2.13. The van der Waals surface area contributed by atoms with Crippen LogP contribution in [0.1, 0.15) is 17.0 Å². The zero-order valence-corrected chi connectivity index (χ0v) is 10.7. The summed E-state index contributed by atoms with van der Waals surface area (Å²) in [6.45, 7) is 0.911. The average molecular weight is 248 g/mol. The van der Waals surface area contributed by atoms with E-state index in [9.17, 15) is 0 Å². The number of nitrogens with zero attached hydrogens (tertiary/aromatic N) is 2. The molecule has 0 unspecified atom stereocenters. The molecule has 19 heavy (non-hydrogen) atoms. The smallest absolute Gasteiger partial charge is 0.0946 e. The second kappa shape index (κ2) is 5.53. The van der Waals surface area contributed by atoms with Crippen molar-refractivity contribution in [2.24, 2.45) is 0 Å². The first kappa shape index (κ1) is 11.7. The molecule has 0 bridgehead atoms. The molecule has 0 atom stereocenters. The zero-order chi connectivity index (χ0) is 12.9. The summed E-state index contributed by atoms with van der Waals surface area (Å²) in [6, 6.07) is 21.3. The van der Waals surface area contributed by atoms with Gasteiger partial charge in [-0.15, -0.1) is 0 Å². The second-order valence-electron chi connectivity index (χ2n) is 4.63. The fourth-order valence-corrected chi connectivity index (χ4v) is 2.38. The van der Waals surface area contributed by atoms with E-state index in [-0.39, 0.29) is 0 Å². The number of aromatic nitrogens is 2. The molecule has 94 valence electrons. The third-order valence-electron chi connectivity index (χ3n) is 3.36. The normalized spacial score (nSPS) is 10.8. The van der Waals surface area contributed by atoms with Gasteiger partial charge in [-0.25, -0.2) is 4.98 Å². The van der Waals surface area contributed by atoms with Crippen LogP contribution in [0.5, 0.6) is 0 Å². The summed E-state index contributed by atoms with van der Waals surface area (Å²) in [5, 5.41) is 0. The quantitative estimate of drug-likeness (QED) is 0.688. The predicted octanol–water partition coefficient (Wildman–Crippen LogP) is 3.72. The molecular weight excluding hydrogens is 232 g/mol. The van der Waals surface area contributed by atoms with Crippen molar-refractivity contribution in [2.75, 3.05) is 0 Å². The Kier molecular flexibility index (Phi) is 3.41. The van der Waals surface area contributed by atoms with Crippen LogP contribution >= 0.6 is 0 Å². The highest BCUT2D eigenvalue weighted by Crippen LogP contribution is 2.26. The summed E-state index contributed by atoms with van der Waals surface area (Å²) in [7, 11) is 0. The van der Waals surface area contributed by atoms with Gasteiger partial charge in [0.2, 0.25) is 0 Å². The molecule has 2 nitrogen and oxygen atoms in total. The fraction of sp³-hybridized carbons (Fsp3) is 0.118. The summed E-state index contributed by atoms with van der Waals surface area (Å²) in [5.74, 6) is 0.358. The first-order chi connectivity index (χ1) is 9.43. The van der Waals surface area contributed by atoms with E-state index in [1.807, 2.05) is 18.7 Å². The standard InChI is InChI=1S/C17H16N2/c1-3-7-15(8-4-1)17(13-19-12-11-18-14-19)16-9-5-2-6-10-16/h1-12,14,17H,13H2. The van der Waals surface area contributed by atoms with Crippen LogP contribution < -0.4 is 0 Å². The van der Waals surface area contributed by atoms with Crippen molar-refractivity contribution in [3.8, 4) is 0 Å². The summed E-state index contributed by atoms with van der Waals surface area (Å²) in [6.07, 6.45) is 5.71. The van der Waals surface area contributed by atoms with Gasteiger partial charge in [0.15, 0.2) is 0 Å². The minimum atomic E-state index is 0.358. The molecule has 0 spiro atoms. The van der Waals surface area contributed by atoms with Crippen molar-refractivity contribution >= 4 is 0 Å². The largest absolute Gasteiger partial charge is 0.337 e. The summed E-state index contributed by atoms with van der Waals surface area (Å²) in [5.41, 5.74) is 2.67. The lowest BCUT2D eigenvalue weighted by Gasteiger charge is -2.18. The van der Waals surface area contributed by atoms with Crippen LogP contribution in [-0.2, 0) is 6.54 Å². The van der Waals surface area contributed by atoms with Crippen LogP contribution in [0.3, 0.4) is 0 Å². The molecule has 0 fully saturated rings. The van der Waals surface area contributed by atoms with Crippen LogP contribution in [0.2, 0.25) is 0 Å². The van der Waals surface area contributed by atoms with E-state index < -0.39 is 0 Å². The zero-order valence-electron chi connectivity index (χ0n) is 10.7. The number of hydrogen-bond acceptors (Lipinski definition) is 1. The van der Waals surface area contributed by atoms with Crippen molar-refractivity contribution in [2.45, 2.75) is 12.5 Å². The van der Waals surface area contributed by atoms with Gasteiger partial charge in [0.1, 0.15) is 0 Å². The van der Waals surface area contributed by atoms with Crippen LogP contribution in [0, 0.1) is 0 Å². The topological polar surface area (TPSA) is 17.8 Å². The van der Waals surface area contributed by atoms with Crippen LogP contribution in [-0.4, -0.2) is 9.55 Å². The van der Waals surface area contributed by atoms with E-state index in [1.165, 1.54) is 11.1 Å². The molecule has 2 heteroatoms. The summed E-state index contributed by atoms with van der Waals surface area (Å²) >= 11 is 0. The number of benzene rings is 2. The summed E-state index contributed by atoms with van der Waals surface area (Å²) in [4.78, 5) is 4.13. The van der Waals surface area contributed by atoms with Gasteiger partial charge in [-0.1, -0.05) is 60.7 Å². The Morgan fingerprint density at radius 3 is 1.89 bits per heavy atom. The van der Waals surface area contributed by atoms with Crippen molar-refractivity contribution in [1.29, 1.82) is 0 Å². The SMILES string of the molecule is c1ccc(C(Cn2ccnc2)c2ccccc2)cc1. The molecular formula is C17H16N2. The Labute approximate surface area is 113 Å². The molecule has 0 aliphatic rings. The number of hydrogen-bond donors (Lipinski definition) is 0. The molecule has 1 aromatic heterocycles. The minimum Gasteiger partial charge on any atom is -0.337 e. The van der Waals surface area contributed by atoms with Gasteiger partial charge < -0.3 is 4.57 Å². The van der Waals surface area contributed by atoms with E-state index >= 15 is 0 Å². The lowest BCUT2D eigenvalue weighted by atomic mass is 9.91. The van der Waals surface area contributed by atoms with E-state index in [4.69, 9.17) is 0 Å². The van der Waals surface area contributed by atoms with Crippen molar-refractivity contribution in [1.82, 2.24) is 9.55 Å². The van der Waals surface area contributed by atoms with Crippen LogP contribution in [0.4, 0.5) is 0 Å². The molecule has 1 heterocycles. The van der Waals surface area contributed by atoms with Gasteiger partial charge in [-0.2, -0.15) is 0 Å². The van der Waals surface area contributed by atoms with Crippen molar-refractivity contribution < 1.29 is 0 Å². The molecule has 0 aliphatic heterocycles. The maximum atomic E-state index is 4.13. The van der Waals surface area contributed by atoms with E-state index in [2.05, 4.69) is 70.2 Å². The molecule has 0 saturated carbocycles. The average Bonchev–Trinajstić information content (AvgIpc) is 3.00. The Morgan fingerprint density at radius 1 is 0.842 bits per heavy atom. The Hall–Kier alpha value is -2.35. The van der Waals surface area contributed by atoms with Gasteiger partial charge in [0, 0.05) is 24.9 Å². The van der Waals surface area contributed by atoms with Gasteiger partial charge in [0.25, 0.3) is 0 Å². The van der Waals surface area contributed by atoms with E-state index in [0.717, 1.165) is 6.54 Å². The molecule has 0 saturated heterocycles. The lowest BCUT2D eigenvalue weighted by Crippen LogP contribution is -2.09. The first-order valence-corrected chi connectivity index (χ1v) is 6.49. The van der Waals surface area contributed by atoms with Gasteiger partial charge in [-0.3, -0.25) is 0 Å². The van der Waals surface area contributed by atoms with Gasteiger partial charge in [-0.05, 0) is 11.1 Å². The third kappa shape index (κ3) is 2.74. The van der Waals surface area contributed by atoms with Crippen molar-refractivity contribution in [3.63, 3.8) is 0 Å². The van der Waals surface area contributed by atoms with Crippen molar-refractivity contribution in [3.05, 3.63) is 90.5 Å². The highest BCUT2D eigenvalue weighted by atomic mass is 15.0. The minimum absolute atomic E-state index is 0.358. The monoisotopic (exact) mass is 248 g/mol. The number of rotatable bonds is 4. The highest BCUT2D eigenvalue weighted by molar-refractivity contribution is 5.32. The van der Waals surface area contributed by atoms with Crippen LogP contribution in [0.25, 0.3) is 0 Å². The second-order valence-corrected chi connectivity index (χ2v) is 4.63. The predicted molar refractivity (Wildman–Crippen MR) is 77.0 cm³/mol. The Balaban J connectivity index is 1.96.